The van der Waals surface area contributed by atoms with Gasteiger partial charge in [-0.15, -0.1) is 0 Å². The number of anilines is 1. The van der Waals surface area contributed by atoms with Crippen LogP contribution in [0.25, 0.3) is 34.3 Å². The summed E-state index contributed by atoms with van der Waals surface area (Å²) in [6.07, 6.45) is 3.74. The molecule has 13 heteroatoms. The number of aliphatic hydroxyl groups excluding tert-OH is 1. The monoisotopic (exact) mass is 704 g/mol. The van der Waals surface area contributed by atoms with Gasteiger partial charge in [-0.25, -0.2) is 9.78 Å². The Hall–Kier alpha value is -4.13. The van der Waals surface area contributed by atoms with Gasteiger partial charge in [-0.2, -0.15) is 0 Å². The van der Waals surface area contributed by atoms with Gasteiger partial charge in [0.05, 0.1) is 46.6 Å². The molecule has 2 aromatic carbocycles. The number of ether oxygens (including phenoxy) is 2. The van der Waals surface area contributed by atoms with Gasteiger partial charge in [0, 0.05) is 68.6 Å². The second kappa shape index (κ2) is 13.3. The van der Waals surface area contributed by atoms with Crippen LogP contribution < -0.4 is 37.2 Å². The minimum Gasteiger partial charge on any atom is -0.481 e. The van der Waals surface area contributed by atoms with Crippen LogP contribution in [0, 0.1) is 0 Å². The summed E-state index contributed by atoms with van der Waals surface area (Å²) < 4.78 is 13.8. The van der Waals surface area contributed by atoms with Crippen LogP contribution in [0.1, 0.15) is 30.0 Å². The van der Waals surface area contributed by atoms with Gasteiger partial charge < -0.3 is 30.1 Å². The maximum absolute atomic E-state index is 13.3. The van der Waals surface area contributed by atoms with Crippen molar-refractivity contribution in [3.8, 4) is 28.3 Å². The lowest BCUT2D eigenvalue weighted by Crippen LogP contribution is -2.61. The number of nitrogens with zero attached hydrogens (tertiary/aromatic N) is 4. The van der Waals surface area contributed by atoms with Crippen LogP contribution >= 0.6 is 23.2 Å². The van der Waals surface area contributed by atoms with Crippen LogP contribution in [0.5, 0.6) is 5.88 Å². The van der Waals surface area contributed by atoms with Gasteiger partial charge in [0.25, 0.3) is 5.56 Å². The number of methoxy groups -OCH3 is 1. The molecule has 0 radical (unpaired) electrons. The number of pyridine rings is 1. The quantitative estimate of drug-likeness (QED) is 0.267. The molecule has 4 aromatic rings. The molecule has 256 valence electrons. The zero-order valence-corrected chi connectivity index (χ0v) is 29.2. The molecule has 2 aliphatic heterocycles. The SMILES string of the molecule is COc1nc(-c2cccc(-c3cccc(NC4=c5c(=O)n(C)c(=O)n(C)c5=CCN4C)c3Cl)c2Cl)cc2c1[C@@H](N[C@@H]1CCOC[C@H]1O)CC2. The van der Waals surface area contributed by atoms with Gasteiger partial charge in [0.15, 0.2) is 0 Å². The zero-order valence-electron chi connectivity index (χ0n) is 27.7. The van der Waals surface area contributed by atoms with E-state index in [-0.39, 0.29) is 17.8 Å². The lowest BCUT2D eigenvalue weighted by Gasteiger charge is -2.31. The molecule has 0 unspecified atom stereocenters. The number of fused-ring (bicyclic) bond motifs is 2. The van der Waals surface area contributed by atoms with E-state index in [0.29, 0.717) is 69.0 Å². The molecule has 0 amide bonds. The van der Waals surface area contributed by atoms with Crippen LogP contribution in [0.3, 0.4) is 0 Å². The van der Waals surface area contributed by atoms with Crippen molar-refractivity contribution in [1.29, 1.82) is 0 Å². The molecule has 3 atom stereocenters. The van der Waals surface area contributed by atoms with Crippen molar-refractivity contribution >= 4 is 40.8 Å². The van der Waals surface area contributed by atoms with E-state index in [2.05, 4.69) is 16.7 Å². The minimum absolute atomic E-state index is 0.0103. The first-order chi connectivity index (χ1) is 23.6. The third kappa shape index (κ3) is 5.83. The van der Waals surface area contributed by atoms with E-state index >= 15 is 0 Å². The summed E-state index contributed by atoms with van der Waals surface area (Å²) in [4.78, 5) is 32.8. The Bertz CT molecular complexity index is 2220. The molecule has 11 nitrogen and oxygen atoms in total. The van der Waals surface area contributed by atoms with Gasteiger partial charge >= 0.3 is 5.69 Å². The molecule has 0 saturated carbocycles. The van der Waals surface area contributed by atoms with Crippen LogP contribution in [-0.4, -0.2) is 70.2 Å². The van der Waals surface area contributed by atoms with E-state index in [1.165, 1.54) is 11.6 Å². The fourth-order valence-corrected chi connectivity index (χ4v) is 7.73. The van der Waals surface area contributed by atoms with E-state index in [9.17, 15) is 14.7 Å². The Labute approximate surface area is 293 Å². The Morgan fingerprint density at radius 1 is 1.00 bits per heavy atom. The molecule has 1 saturated heterocycles. The van der Waals surface area contributed by atoms with Crippen LogP contribution in [0.15, 0.2) is 52.1 Å². The third-order valence-corrected chi connectivity index (χ3v) is 10.6. The van der Waals surface area contributed by atoms with E-state index in [1.807, 2.05) is 54.4 Å². The van der Waals surface area contributed by atoms with E-state index < -0.39 is 11.7 Å². The van der Waals surface area contributed by atoms with E-state index in [1.54, 1.807) is 14.2 Å². The van der Waals surface area contributed by atoms with Gasteiger partial charge in [0.2, 0.25) is 5.88 Å². The van der Waals surface area contributed by atoms with Crippen molar-refractivity contribution in [3.05, 3.63) is 95.0 Å². The zero-order chi connectivity index (χ0) is 34.6. The van der Waals surface area contributed by atoms with Crippen molar-refractivity contribution in [3.63, 3.8) is 0 Å². The van der Waals surface area contributed by atoms with Gasteiger partial charge in [-0.05, 0) is 43.0 Å². The third-order valence-electron chi connectivity index (χ3n) is 9.80. The number of nitrogens with one attached hydrogen (secondary N) is 2. The molecule has 1 aliphatic carbocycles. The molecule has 1 fully saturated rings. The summed E-state index contributed by atoms with van der Waals surface area (Å²) in [5, 5.41) is 19.3. The second-order valence-electron chi connectivity index (χ2n) is 12.7. The predicted molar refractivity (Wildman–Crippen MR) is 191 cm³/mol. The van der Waals surface area contributed by atoms with E-state index in [4.69, 9.17) is 37.7 Å². The Balaban J connectivity index is 1.25. The first-order valence-electron chi connectivity index (χ1n) is 16.2. The van der Waals surface area contributed by atoms with Gasteiger partial charge in [-0.1, -0.05) is 53.5 Å². The van der Waals surface area contributed by atoms with Crippen molar-refractivity contribution in [2.24, 2.45) is 14.1 Å². The smallest absolute Gasteiger partial charge is 0.330 e. The molecule has 0 bridgehead atoms. The largest absolute Gasteiger partial charge is 0.481 e. The normalized spacial score (nSPS) is 20.1. The highest BCUT2D eigenvalue weighted by molar-refractivity contribution is 6.39. The molecule has 0 spiro atoms. The lowest BCUT2D eigenvalue weighted by atomic mass is 9.99. The summed E-state index contributed by atoms with van der Waals surface area (Å²) in [5.41, 5.74) is 4.78. The number of halogens is 2. The summed E-state index contributed by atoms with van der Waals surface area (Å²) >= 11 is 14.3. The number of benzene rings is 2. The number of hydrogen-bond donors (Lipinski definition) is 3. The molecular formula is C36H38Cl2N6O5. The first-order valence-corrected chi connectivity index (χ1v) is 17.0. The van der Waals surface area contributed by atoms with Crippen molar-refractivity contribution in [2.75, 3.05) is 39.2 Å². The lowest BCUT2D eigenvalue weighted by molar-refractivity contribution is -0.0304. The first kappa shape index (κ1) is 33.4. The van der Waals surface area contributed by atoms with Gasteiger partial charge in [-0.3, -0.25) is 13.9 Å². The average molecular weight is 706 g/mol. The summed E-state index contributed by atoms with van der Waals surface area (Å²) in [6, 6.07) is 13.4. The molecule has 3 N–H and O–H groups in total. The highest BCUT2D eigenvalue weighted by Gasteiger charge is 2.33. The topological polar surface area (TPSA) is 123 Å². The Kier molecular flexibility index (Phi) is 9.06. The molecule has 3 aliphatic rings. The van der Waals surface area contributed by atoms with Crippen LogP contribution in [-0.2, 0) is 25.3 Å². The van der Waals surface area contributed by atoms with Crippen LogP contribution in [0.4, 0.5) is 5.69 Å². The Morgan fingerprint density at radius 3 is 2.49 bits per heavy atom. The van der Waals surface area contributed by atoms with Crippen molar-refractivity contribution < 1.29 is 14.6 Å². The number of aryl methyl sites for hydroxylation is 1. The second-order valence-corrected chi connectivity index (χ2v) is 13.5. The maximum atomic E-state index is 13.3. The number of aliphatic hydroxyl groups is 1. The number of rotatable bonds is 7. The van der Waals surface area contributed by atoms with Crippen molar-refractivity contribution in [1.82, 2.24) is 24.3 Å². The molecular weight excluding hydrogens is 667 g/mol. The predicted octanol–water partition coefficient (Wildman–Crippen LogP) is 2.76. The van der Waals surface area contributed by atoms with Crippen molar-refractivity contribution in [2.45, 2.75) is 37.5 Å². The van der Waals surface area contributed by atoms with E-state index in [0.717, 1.165) is 46.1 Å². The molecule has 4 heterocycles. The average Bonchev–Trinajstić information content (AvgIpc) is 3.51. The number of hydrogen-bond acceptors (Lipinski definition) is 9. The van der Waals surface area contributed by atoms with Crippen LogP contribution in [0.2, 0.25) is 10.0 Å². The highest BCUT2D eigenvalue weighted by atomic mass is 35.5. The highest BCUT2D eigenvalue weighted by Crippen LogP contribution is 2.44. The molecule has 7 rings (SSSR count). The fourth-order valence-electron chi connectivity index (χ4n) is 7.13. The van der Waals surface area contributed by atoms with Gasteiger partial charge in [0.1, 0.15) is 11.0 Å². The fraction of sp³-hybridized carbons (Fsp3) is 0.361. The Morgan fingerprint density at radius 2 is 1.73 bits per heavy atom. The summed E-state index contributed by atoms with van der Waals surface area (Å²) in [5.74, 6) is 1.07. The maximum Gasteiger partial charge on any atom is 0.330 e. The number of aromatic nitrogens is 3. The molecule has 2 aromatic heterocycles. The minimum atomic E-state index is -0.558. The standard InChI is InChI=1S/C36H38Cl2N6O5/c1-42-15-13-27-30(35(46)44(3)36(47)43(27)2)33(42)40-25-10-6-8-21(32(25)38)20-7-5-9-22(31(20)37)26-17-19-11-12-24(29(19)34(41-26)48-4)39-23-14-16-49-18-28(23)45/h5-10,13,17,23-24,28,39-40,45H,11-12,14-16,18H2,1-4H3/t23-,24+,28-/m1/s1. The molecule has 49 heavy (non-hydrogen) atoms. The summed E-state index contributed by atoms with van der Waals surface area (Å²) in [6.45, 7) is 1.44. The summed E-state index contributed by atoms with van der Waals surface area (Å²) in [7, 11) is 6.62.